The molecule has 21 heavy (non-hydrogen) atoms. The summed E-state index contributed by atoms with van der Waals surface area (Å²) in [5, 5.41) is 3.19. The number of aryl methyl sites for hydroxylation is 2. The minimum absolute atomic E-state index is 0.283. The Morgan fingerprint density at radius 2 is 1.95 bits per heavy atom. The fraction of sp³-hybridized carbons (Fsp3) is 0.765. The molecule has 0 amide bonds. The van der Waals surface area contributed by atoms with Gasteiger partial charge < -0.3 is 10.1 Å². The molecule has 0 saturated heterocycles. The van der Waals surface area contributed by atoms with Crippen LogP contribution in [0.1, 0.15) is 55.4 Å². The van der Waals surface area contributed by atoms with E-state index in [0.717, 1.165) is 43.0 Å². The zero-order valence-electron chi connectivity index (χ0n) is 14.1. The molecule has 2 unspecified atom stereocenters. The predicted molar refractivity (Wildman–Crippen MR) is 85.5 cm³/mol. The van der Waals surface area contributed by atoms with Gasteiger partial charge >= 0.3 is 0 Å². The molecule has 4 heteroatoms. The summed E-state index contributed by atoms with van der Waals surface area (Å²) in [6.45, 7) is 7.45. The van der Waals surface area contributed by atoms with Crippen LogP contribution in [0, 0.1) is 19.8 Å². The Hall–Kier alpha value is -1.00. The zero-order chi connectivity index (χ0) is 15.5. The Morgan fingerprint density at radius 3 is 2.48 bits per heavy atom. The van der Waals surface area contributed by atoms with Crippen molar-refractivity contribution in [3.8, 4) is 0 Å². The Kier molecular flexibility index (Phi) is 5.33. The van der Waals surface area contributed by atoms with E-state index in [-0.39, 0.29) is 5.60 Å². The second-order valence-corrected chi connectivity index (χ2v) is 6.45. The van der Waals surface area contributed by atoms with Crippen molar-refractivity contribution < 1.29 is 4.74 Å². The summed E-state index contributed by atoms with van der Waals surface area (Å²) >= 11 is 0. The molecule has 118 valence electrons. The maximum absolute atomic E-state index is 5.93. The molecule has 1 aromatic heterocycles. The van der Waals surface area contributed by atoms with Gasteiger partial charge in [0.2, 0.25) is 0 Å². The number of methoxy groups -OCH3 is 1. The van der Waals surface area contributed by atoms with Crippen LogP contribution in [0.25, 0.3) is 0 Å². The summed E-state index contributed by atoms with van der Waals surface area (Å²) in [6.07, 6.45) is 5.51. The fourth-order valence-electron chi connectivity index (χ4n) is 3.54. The number of hydrogen-bond donors (Lipinski definition) is 1. The normalized spacial score (nSPS) is 26.0. The summed E-state index contributed by atoms with van der Waals surface area (Å²) in [5.74, 6) is 1.56. The van der Waals surface area contributed by atoms with Crippen molar-refractivity contribution in [1.82, 2.24) is 15.3 Å². The van der Waals surface area contributed by atoms with E-state index >= 15 is 0 Å². The lowest BCUT2D eigenvalue weighted by molar-refractivity contribution is -0.0648. The standard InChI is InChI=1S/C17H29N3O/c1-12-7-6-9-17(11-12,21-5)16-19-13(2)15(8-10-18-4)14(3)20-16/h12,18H,6-11H2,1-5H3. The highest BCUT2D eigenvalue weighted by Crippen LogP contribution is 2.41. The highest BCUT2D eigenvalue weighted by molar-refractivity contribution is 5.26. The highest BCUT2D eigenvalue weighted by atomic mass is 16.5. The lowest BCUT2D eigenvalue weighted by Crippen LogP contribution is -2.36. The van der Waals surface area contributed by atoms with E-state index in [0.29, 0.717) is 5.92 Å². The molecule has 1 heterocycles. The summed E-state index contributed by atoms with van der Waals surface area (Å²) < 4.78 is 5.93. The predicted octanol–water partition coefficient (Wildman–Crippen LogP) is 2.91. The van der Waals surface area contributed by atoms with Gasteiger partial charge in [-0.05, 0) is 64.6 Å². The number of aromatic nitrogens is 2. The smallest absolute Gasteiger partial charge is 0.160 e. The van der Waals surface area contributed by atoms with Crippen molar-refractivity contribution in [3.05, 3.63) is 22.8 Å². The van der Waals surface area contributed by atoms with Crippen LogP contribution >= 0.6 is 0 Å². The van der Waals surface area contributed by atoms with Crippen LogP contribution in [0.15, 0.2) is 0 Å². The first-order valence-corrected chi connectivity index (χ1v) is 8.06. The van der Waals surface area contributed by atoms with Crippen molar-refractivity contribution in [1.29, 1.82) is 0 Å². The second-order valence-electron chi connectivity index (χ2n) is 6.45. The molecule has 1 fully saturated rings. The van der Waals surface area contributed by atoms with E-state index in [4.69, 9.17) is 14.7 Å². The van der Waals surface area contributed by atoms with Crippen LogP contribution in [-0.2, 0) is 16.8 Å². The van der Waals surface area contributed by atoms with Gasteiger partial charge in [0.1, 0.15) is 5.60 Å². The third-order valence-electron chi connectivity index (χ3n) is 4.80. The molecular weight excluding hydrogens is 262 g/mol. The van der Waals surface area contributed by atoms with Crippen LogP contribution < -0.4 is 5.32 Å². The number of nitrogens with zero attached hydrogens (tertiary/aromatic N) is 2. The van der Waals surface area contributed by atoms with Crippen LogP contribution in [0.3, 0.4) is 0 Å². The molecule has 2 rings (SSSR count). The topological polar surface area (TPSA) is 47.0 Å². The van der Waals surface area contributed by atoms with Crippen LogP contribution in [-0.4, -0.2) is 30.7 Å². The molecule has 1 N–H and O–H groups in total. The number of likely N-dealkylation sites (N-methyl/N-ethyl adjacent to an activating group) is 1. The monoisotopic (exact) mass is 291 g/mol. The lowest BCUT2D eigenvalue weighted by atomic mass is 9.78. The van der Waals surface area contributed by atoms with Gasteiger partial charge in [-0.3, -0.25) is 0 Å². The summed E-state index contributed by atoms with van der Waals surface area (Å²) in [6, 6.07) is 0. The molecule has 0 bridgehead atoms. The third kappa shape index (κ3) is 3.43. The summed E-state index contributed by atoms with van der Waals surface area (Å²) in [7, 11) is 3.78. The van der Waals surface area contributed by atoms with Crippen molar-refractivity contribution in [2.45, 2.75) is 58.5 Å². The maximum atomic E-state index is 5.93. The SMILES string of the molecule is CNCCc1c(C)nc(C2(OC)CCCC(C)C2)nc1C. The quantitative estimate of drug-likeness (QED) is 0.906. The lowest BCUT2D eigenvalue weighted by Gasteiger charge is -2.38. The van der Waals surface area contributed by atoms with Gasteiger partial charge in [0, 0.05) is 18.5 Å². The fourth-order valence-corrected chi connectivity index (χ4v) is 3.54. The van der Waals surface area contributed by atoms with Crippen molar-refractivity contribution >= 4 is 0 Å². The molecule has 0 radical (unpaired) electrons. The van der Waals surface area contributed by atoms with Crippen LogP contribution in [0.2, 0.25) is 0 Å². The average molecular weight is 291 g/mol. The number of ether oxygens (including phenoxy) is 1. The third-order valence-corrected chi connectivity index (χ3v) is 4.80. The van der Waals surface area contributed by atoms with Gasteiger partial charge in [0.15, 0.2) is 5.82 Å². The van der Waals surface area contributed by atoms with E-state index in [9.17, 15) is 0 Å². The van der Waals surface area contributed by atoms with E-state index in [1.165, 1.54) is 18.4 Å². The molecule has 1 aromatic rings. The van der Waals surface area contributed by atoms with Crippen molar-refractivity contribution in [3.63, 3.8) is 0 Å². The Balaban J connectivity index is 2.34. The van der Waals surface area contributed by atoms with Gasteiger partial charge in [0.05, 0.1) is 0 Å². The molecule has 4 nitrogen and oxygen atoms in total. The molecular formula is C17H29N3O. The van der Waals surface area contributed by atoms with Crippen molar-refractivity contribution in [2.75, 3.05) is 20.7 Å². The van der Waals surface area contributed by atoms with Crippen LogP contribution in [0.4, 0.5) is 0 Å². The molecule has 0 aliphatic heterocycles. The van der Waals surface area contributed by atoms with E-state index in [1.807, 2.05) is 7.05 Å². The Labute approximate surface area is 128 Å². The molecule has 1 aliphatic carbocycles. The molecule has 1 saturated carbocycles. The summed E-state index contributed by atoms with van der Waals surface area (Å²) in [5.41, 5.74) is 3.18. The Morgan fingerprint density at radius 1 is 1.29 bits per heavy atom. The van der Waals surface area contributed by atoms with E-state index in [2.05, 4.69) is 26.1 Å². The average Bonchev–Trinajstić information content (AvgIpc) is 2.46. The van der Waals surface area contributed by atoms with E-state index in [1.54, 1.807) is 7.11 Å². The van der Waals surface area contributed by atoms with Gasteiger partial charge in [0.25, 0.3) is 0 Å². The Bertz CT molecular complexity index is 466. The zero-order valence-corrected chi connectivity index (χ0v) is 14.1. The maximum Gasteiger partial charge on any atom is 0.160 e. The van der Waals surface area contributed by atoms with E-state index < -0.39 is 0 Å². The van der Waals surface area contributed by atoms with Gasteiger partial charge in [-0.15, -0.1) is 0 Å². The largest absolute Gasteiger partial charge is 0.370 e. The minimum atomic E-state index is -0.283. The van der Waals surface area contributed by atoms with Gasteiger partial charge in [-0.2, -0.15) is 0 Å². The summed E-state index contributed by atoms with van der Waals surface area (Å²) in [4.78, 5) is 9.65. The minimum Gasteiger partial charge on any atom is -0.370 e. The number of rotatable bonds is 5. The highest BCUT2D eigenvalue weighted by Gasteiger charge is 2.39. The van der Waals surface area contributed by atoms with Crippen LogP contribution in [0.5, 0.6) is 0 Å². The second kappa shape index (κ2) is 6.84. The molecule has 1 aliphatic rings. The molecule has 0 spiro atoms. The van der Waals surface area contributed by atoms with Gasteiger partial charge in [-0.25, -0.2) is 9.97 Å². The van der Waals surface area contributed by atoms with Crippen molar-refractivity contribution in [2.24, 2.45) is 5.92 Å². The first kappa shape index (κ1) is 16.4. The van der Waals surface area contributed by atoms with Gasteiger partial charge in [-0.1, -0.05) is 13.3 Å². The first-order valence-electron chi connectivity index (χ1n) is 8.06. The molecule has 2 atom stereocenters. The molecule has 0 aromatic carbocycles. The first-order chi connectivity index (χ1) is 10.0. The number of hydrogen-bond acceptors (Lipinski definition) is 4. The number of nitrogens with one attached hydrogen (secondary N) is 1.